The molecule has 0 N–H and O–H groups in total. The average Bonchev–Trinajstić information content (AvgIpc) is 3.19. The highest BCUT2D eigenvalue weighted by molar-refractivity contribution is 7.22. The average molecular weight is 410 g/mol. The lowest BCUT2D eigenvalue weighted by molar-refractivity contribution is 0.0785. The Labute approximate surface area is 173 Å². The van der Waals surface area contributed by atoms with Crippen molar-refractivity contribution in [2.75, 3.05) is 7.05 Å². The van der Waals surface area contributed by atoms with Crippen molar-refractivity contribution in [3.63, 3.8) is 0 Å². The van der Waals surface area contributed by atoms with E-state index in [1.165, 1.54) is 11.3 Å². The zero-order valence-corrected chi connectivity index (χ0v) is 17.5. The fourth-order valence-electron chi connectivity index (χ4n) is 3.54. The van der Waals surface area contributed by atoms with Gasteiger partial charge in [0, 0.05) is 36.2 Å². The van der Waals surface area contributed by atoms with Crippen LogP contribution in [0, 0.1) is 13.8 Å². The van der Waals surface area contributed by atoms with Crippen molar-refractivity contribution in [3.05, 3.63) is 81.6 Å². The molecule has 0 saturated heterocycles. The van der Waals surface area contributed by atoms with Crippen molar-refractivity contribution in [3.8, 4) is 5.69 Å². The lowest BCUT2D eigenvalue weighted by Gasteiger charge is -2.18. The van der Waals surface area contributed by atoms with Crippen molar-refractivity contribution in [1.82, 2.24) is 14.5 Å². The highest BCUT2D eigenvalue weighted by Gasteiger charge is 2.17. The van der Waals surface area contributed by atoms with Crippen molar-refractivity contribution in [1.29, 1.82) is 0 Å². The van der Waals surface area contributed by atoms with Crippen LogP contribution in [0.2, 0.25) is 4.47 Å². The Morgan fingerprint density at radius 1 is 1.14 bits per heavy atom. The third-order valence-electron chi connectivity index (χ3n) is 4.91. The Bertz CT molecular complexity index is 1160. The summed E-state index contributed by atoms with van der Waals surface area (Å²) in [5.74, 6) is -0.0177. The van der Waals surface area contributed by atoms with Crippen molar-refractivity contribution >= 4 is 39.1 Å². The number of para-hydroxylation sites is 1. The van der Waals surface area contributed by atoms with E-state index in [1.54, 1.807) is 4.90 Å². The molecule has 0 aliphatic rings. The molecule has 4 nitrogen and oxygen atoms in total. The first-order chi connectivity index (χ1) is 13.4. The topological polar surface area (TPSA) is 38.1 Å². The predicted molar refractivity (Wildman–Crippen MR) is 116 cm³/mol. The molecule has 4 rings (SSSR count). The minimum absolute atomic E-state index is 0.0177. The molecule has 4 aromatic rings. The molecule has 0 saturated carbocycles. The lowest BCUT2D eigenvalue weighted by Crippen LogP contribution is -2.26. The van der Waals surface area contributed by atoms with Crippen LogP contribution < -0.4 is 0 Å². The number of aryl methyl sites for hydroxylation is 1. The molecular weight excluding hydrogens is 390 g/mol. The SMILES string of the molecule is Cc1cc(CN(C)C(=O)c2ccc3nc(Cl)sc3c2)c(C)n1-c1ccccc1. The number of hydrogen-bond donors (Lipinski definition) is 0. The van der Waals surface area contributed by atoms with E-state index < -0.39 is 0 Å². The summed E-state index contributed by atoms with van der Waals surface area (Å²) >= 11 is 7.36. The number of carbonyl (C=O) groups excluding carboxylic acids is 1. The zero-order chi connectivity index (χ0) is 19.8. The summed E-state index contributed by atoms with van der Waals surface area (Å²) in [5, 5.41) is 0. The van der Waals surface area contributed by atoms with E-state index in [1.807, 2.05) is 43.4 Å². The monoisotopic (exact) mass is 409 g/mol. The molecule has 0 aliphatic heterocycles. The Hall–Kier alpha value is -2.63. The third-order valence-corrected chi connectivity index (χ3v) is 6.04. The number of nitrogens with zero attached hydrogens (tertiary/aromatic N) is 3. The first-order valence-electron chi connectivity index (χ1n) is 8.99. The maximum Gasteiger partial charge on any atom is 0.253 e. The van der Waals surface area contributed by atoms with E-state index in [0.717, 1.165) is 32.9 Å². The molecule has 2 heterocycles. The van der Waals surface area contributed by atoms with Crippen LogP contribution in [0.25, 0.3) is 15.9 Å². The standard InChI is InChI=1S/C22H20ClN3OS/c1-14-11-17(15(2)26(14)18-7-5-4-6-8-18)13-25(3)21(27)16-9-10-19-20(12-16)28-22(23)24-19/h4-12H,13H2,1-3H3. The second-order valence-electron chi connectivity index (χ2n) is 6.88. The fourth-order valence-corrected chi connectivity index (χ4v) is 4.61. The van der Waals surface area contributed by atoms with E-state index in [9.17, 15) is 4.79 Å². The number of rotatable bonds is 4. The highest BCUT2D eigenvalue weighted by Crippen LogP contribution is 2.27. The Morgan fingerprint density at radius 3 is 2.64 bits per heavy atom. The number of hydrogen-bond acceptors (Lipinski definition) is 3. The largest absolute Gasteiger partial charge is 0.337 e. The van der Waals surface area contributed by atoms with Gasteiger partial charge in [-0.1, -0.05) is 29.8 Å². The smallest absolute Gasteiger partial charge is 0.253 e. The van der Waals surface area contributed by atoms with Crippen molar-refractivity contribution in [2.45, 2.75) is 20.4 Å². The predicted octanol–water partition coefficient (Wildman–Crippen LogP) is 5.63. The molecule has 2 aromatic heterocycles. The molecule has 2 aromatic carbocycles. The summed E-state index contributed by atoms with van der Waals surface area (Å²) < 4.78 is 3.63. The zero-order valence-electron chi connectivity index (χ0n) is 15.9. The number of thiazole rings is 1. The number of aromatic nitrogens is 2. The number of fused-ring (bicyclic) bond motifs is 1. The van der Waals surface area contributed by atoms with Gasteiger partial charge in [-0.3, -0.25) is 4.79 Å². The Kier molecular flexibility index (Phi) is 4.96. The summed E-state index contributed by atoms with van der Waals surface area (Å²) in [6.07, 6.45) is 0. The van der Waals surface area contributed by atoms with Gasteiger partial charge in [0.05, 0.1) is 10.2 Å². The Balaban J connectivity index is 1.59. The summed E-state index contributed by atoms with van der Waals surface area (Å²) in [6.45, 7) is 4.73. The van der Waals surface area contributed by atoms with Crippen LogP contribution in [0.15, 0.2) is 54.6 Å². The molecule has 0 fully saturated rings. The Morgan fingerprint density at radius 2 is 1.89 bits per heavy atom. The third kappa shape index (κ3) is 3.43. The quantitative estimate of drug-likeness (QED) is 0.438. The molecular formula is C22H20ClN3OS. The van der Waals surface area contributed by atoms with Crippen LogP contribution in [0.1, 0.15) is 27.3 Å². The van der Waals surface area contributed by atoms with Crippen LogP contribution in [-0.2, 0) is 6.54 Å². The second-order valence-corrected chi connectivity index (χ2v) is 8.49. The maximum absolute atomic E-state index is 12.9. The van der Waals surface area contributed by atoms with E-state index in [4.69, 9.17) is 11.6 Å². The van der Waals surface area contributed by atoms with Gasteiger partial charge in [0.25, 0.3) is 5.91 Å². The molecule has 6 heteroatoms. The summed E-state index contributed by atoms with van der Waals surface area (Å²) in [6, 6.07) is 17.9. The maximum atomic E-state index is 12.9. The molecule has 28 heavy (non-hydrogen) atoms. The van der Waals surface area contributed by atoms with E-state index >= 15 is 0 Å². The minimum atomic E-state index is -0.0177. The number of halogens is 1. The molecule has 0 atom stereocenters. The van der Waals surface area contributed by atoms with Gasteiger partial charge < -0.3 is 9.47 Å². The first kappa shape index (κ1) is 18.7. The van der Waals surface area contributed by atoms with Crippen molar-refractivity contribution in [2.24, 2.45) is 0 Å². The van der Waals surface area contributed by atoms with Crippen LogP contribution in [0.5, 0.6) is 0 Å². The van der Waals surface area contributed by atoms with Crippen molar-refractivity contribution < 1.29 is 4.79 Å². The van der Waals surface area contributed by atoms with Gasteiger partial charge in [0.15, 0.2) is 4.47 Å². The van der Waals surface area contributed by atoms with Gasteiger partial charge in [-0.05, 0) is 55.8 Å². The second kappa shape index (κ2) is 7.41. The van der Waals surface area contributed by atoms with Crippen LogP contribution >= 0.6 is 22.9 Å². The highest BCUT2D eigenvalue weighted by atomic mass is 35.5. The van der Waals surface area contributed by atoms with E-state index in [0.29, 0.717) is 16.6 Å². The normalized spacial score (nSPS) is 11.1. The molecule has 0 unspecified atom stereocenters. The molecule has 0 aliphatic carbocycles. The molecule has 0 bridgehead atoms. The van der Waals surface area contributed by atoms with Gasteiger partial charge >= 0.3 is 0 Å². The van der Waals surface area contributed by atoms with Gasteiger partial charge in [0.2, 0.25) is 0 Å². The number of amides is 1. The van der Waals surface area contributed by atoms with E-state index in [2.05, 4.69) is 41.6 Å². The minimum Gasteiger partial charge on any atom is -0.337 e. The van der Waals surface area contributed by atoms with Gasteiger partial charge in [-0.25, -0.2) is 4.98 Å². The molecule has 1 amide bonds. The van der Waals surface area contributed by atoms with E-state index in [-0.39, 0.29) is 5.91 Å². The van der Waals surface area contributed by atoms with Crippen LogP contribution in [-0.4, -0.2) is 27.4 Å². The van der Waals surface area contributed by atoms with Gasteiger partial charge in [-0.2, -0.15) is 0 Å². The van der Waals surface area contributed by atoms with Crippen LogP contribution in [0.3, 0.4) is 0 Å². The van der Waals surface area contributed by atoms with Gasteiger partial charge in [-0.15, -0.1) is 11.3 Å². The lowest BCUT2D eigenvalue weighted by atomic mass is 10.1. The summed E-state index contributed by atoms with van der Waals surface area (Å²) in [4.78, 5) is 18.9. The number of carbonyl (C=O) groups is 1. The first-order valence-corrected chi connectivity index (χ1v) is 10.2. The van der Waals surface area contributed by atoms with Crippen LogP contribution in [0.4, 0.5) is 0 Å². The number of benzene rings is 2. The molecule has 0 spiro atoms. The summed E-state index contributed by atoms with van der Waals surface area (Å²) in [7, 11) is 1.83. The summed E-state index contributed by atoms with van der Waals surface area (Å²) in [5.41, 5.74) is 6.03. The fraction of sp³-hybridized carbons (Fsp3) is 0.182. The van der Waals surface area contributed by atoms with Gasteiger partial charge in [0.1, 0.15) is 0 Å². The molecule has 0 radical (unpaired) electrons. The molecule has 142 valence electrons.